The summed E-state index contributed by atoms with van der Waals surface area (Å²) in [6, 6.07) is 8.38. The Morgan fingerprint density at radius 1 is 0.700 bits per heavy atom. The molecule has 2 saturated heterocycles. The molecule has 7 atom stereocenters. The first-order chi connectivity index (χ1) is 23.6. The van der Waals surface area contributed by atoms with Crippen molar-refractivity contribution in [1.29, 1.82) is 0 Å². The van der Waals surface area contributed by atoms with Crippen molar-refractivity contribution in [3.05, 3.63) is 47.5 Å². The van der Waals surface area contributed by atoms with Gasteiger partial charge in [-0.3, -0.25) is 33.6 Å². The van der Waals surface area contributed by atoms with Crippen molar-refractivity contribution < 1.29 is 80.9 Å². The zero-order chi connectivity index (χ0) is 36.5. The summed E-state index contributed by atoms with van der Waals surface area (Å²) in [5.74, 6) is -5.18. The number of carbonyl (C=O) groups excluding carboxylic acids is 7. The van der Waals surface area contributed by atoms with Gasteiger partial charge in [-0.25, -0.2) is 0 Å². The van der Waals surface area contributed by atoms with Crippen LogP contribution in [0.3, 0.4) is 0 Å². The largest absolute Gasteiger partial charge is 0.463 e. The summed E-state index contributed by atoms with van der Waals surface area (Å²) in [6.07, 6.45) is -8.07. The fourth-order valence-corrected chi connectivity index (χ4v) is 5.58. The maximum absolute atomic E-state index is 13.9. The van der Waals surface area contributed by atoms with E-state index in [9.17, 15) is 33.6 Å². The van der Waals surface area contributed by atoms with Crippen LogP contribution in [0.4, 0.5) is 0 Å². The van der Waals surface area contributed by atoms with Gasteiger partial charge < -0.3 is 47.4 Å². The molecule has 0 aliphatic carbocycles. The third kappa shape index (κ3) is 7.52. The van der Waals surface area contributed by atoms with Crippen LogP contribution in [0.15, 0.2) is 36.4 Å². The Balaban J connectivity index is 1.44. The van der Waals surface area contributed by atoms with Gasteiger partial charge in [0.2, 0.25) is 30.1 Å². The van der Waals surface area contributed by atoms with E-state index >= 15 is 0 Å². The third-order valence-electron chi connectivity index (χ3n) is 7.40. The number of fused-ring (bicyclic) bond motifs is 2. The summed E-state index contributed by atoms with van der Waals surface area (Å²) in [5.41, 5.74) is -1.41. The predicted octanol–water partition coefficient (Wildman–Crippen LogP) is 1.83. The van der Waals surface area contributed by atoms with E-state index in [1.807, 2.05) is 0 Å². The second-order valence-corrected chi connectivity index (χ2v) is 11.3. The van der Waals surface area contributed by atoms with E-state index < -0.39 is 90.8 Å². The van der Waals surface area contributed by atoms with E-state index in [0.29, 0.717) is 5.56 Å². The number of rotatable bonds is 10. The van der Waals surface area contributed by atoms with Crippen molar-refractivity contribution in [2.24, 2.45) is 0 Å². The van der Waals surface area contributed by atoms with Crippen LogP contribution in [0.2, 0.25) is 0 Å². The Hall–Kier alpha value is -5.55. The number of ether oxygens (including phenoxy) is 10. The van der Waals surface area contributed by atoms with E-state index in [1.165, 1.54) is 43.3 Å². The maximum atomic E-state index is 13.9. The summed E-state index contributed by atoms with van der Waals surface area (Å²) >= 11 is 0. The van der Waals surface area contributed by atoms with Gasteiger partial charge in [-0.1, -0.05) is 12.1 Å². The molecular formula is C33H32O17. The maximum Gasteiger partial charge on any atom is 0.308 e. The van der Waals surface area contributed by atoms with Gasteiger partial charge in [0, 0.05) is 53.7 Å². The van der Waals surface area contributed by atoms with Crippen LogP contribution in [0.5, 0.6) is 23.0 Å². The molecule has 0 amide bonds. The minimum atomic E-state index is -1.63. The molecule has 266 valence electrons. The minimum Gasteiger partial charge on any atom is -0.463 e. The molecular weight excluding hydrogens is 668 g/mol. The zero-order valence-electron chi connectivity index (χ0n) is 27.6. The molecule has 2 aromatic rings. The molecule has 3 aliphatic rings. The molecule has 3 aliphatic heterocycles. The van der Waals surface area contributed by atoms with Crippen LogP contribution >= 0.6 is 0 Å². The smallest absolute Gasteiger partial charge is 0.308 e. The third-order valence-corrected chi connectivity index (χ3v) is 7.40. The summed E-state index contributed by atoms with van der Waals surface area (Å²) in [4.78, 5) is 85.1. The summed E-state index contributed by atoms with van der Waals surface area (Å²) in [5, 5.41) is 0. The van der Waals surface area contributed by atoms with E-state index in [0.717, 1.165) is 34.6 Å². The van der Waals surface area contributed by atoms with Crippen LogP contribution in [0, 0.1) is 0 Å². The van der Waals surface area contributed by atoms with E-state index in [-0.39, 0.29) is 28.6 Å². The predicted molar refractivity (Wildman–Crippen MR) is 160 cm³/mol. The van der Waals surface area contributed by atoms with Crippen molar-refractivity contribution in [2.45, 2.75) is 84.1 Å². The molecule has 0 aromatic heterocycles. The first-order valence-corrected chi connectivity index (χ1v) is 15.1. The lowest BCUT2D eigenvalue weighted by Gasteiger charge is -2.43. The van der Waals surface area contributed by atoms with Crippen molar-refractivity contribution in [3.8, 4) is 23.0 Å². The highest BCUT2D eigenvalue weighted by molar-refractivity contribution is 6.10. The number of ketones is 1. The molecule has 17 nitrogen and oxygen atoms in total. The number of benzene rings is 2. The Bertz CT molecular complexity index is 1730. The van der Waals surface area contributed by atoms with Gasteiger partial charge in [0.05, 0.1) is 0 Å². The summed E-state index contributed by atoms with van der Waals surface area (Å²) in [6.45, 7) is 6.31. The lowest BCUT2D eigenvalue weighted by molar-refractivity contribution is -0.288. The van der Waals surface area contributed by atoms with E-state index in [1.54, 1.807) is 0 Å². The molecule has 2 aromatic carbocycles. The molecule has 3 heterocycles. The Morgan fingerprint density at radius 3 is 1.88 bits per heavy atom. The average Bonchev–Trinajstić information content (AvgIpc) is 3.74. The molecule has 0 bridgehead atoms. The van der Waals surface area contributed by atoms with Crippen molar-refractivity contribution in [1.82, 2.24) is 0 Å². The van der Waals surface area contributed by atoms with Crippen LogP contribution < -0.4 is 18.9 Å². The zero-order valence-corrected chi connectivity index (χ0v) is 27.6. The molecule has 5 rings (SSSR count). The first kappa shape index (κ1) is 35.7. The second kappa shape index (κ2) is 14.1. The van der Waals surface area contributed by atoms with Crippen LogP contribution in [-0.2, 0) is 62.8 Å². The first-order valence-electron chi connectivity index (χ1n) is 15.1. The van der Waals surface area contributed by atoms with Gasteiger partial charge >= 0.3 is 35.8 Å². The SMILES string of the molecule is CC(=O)OC[C@H]1O[C@@H](Oc2ccc([C@]34O[C@H]3Oc3cc(OC(C)=O)cc(OC(C)=O)c3C4=O)cc2)[C@H](OC(C)=O)[C@@H](OC(C)=O)[C@@H]1OC(C)=O. The number of hydrogen-bond acceptors (Lipinski definition) is 17. The van der Waals surface area contributed by atoms with Gasteiger partial charge in [0.1, 0.15) is 41.3 Å². The Kier molecular flexibility index (Phi) is 10.1. The number of esters is 6. The molecule has 0 saturated carbocycles. The lowest BCUT2D eigenvalue weighted by Crippen LogP contribution is -2.63. The Labute approximate surface area is 283 Å². The summed E-state index contributed by atoms with van der Waals surface area (Å²) < 4.78 is 55.3. The normalized spacial score (nSPS) is 26.1. The Morgan fingerprint density at radius 2 is 1.30 bits per heavy atom. The average molecular weight is 701 g/mol. The number of Topliss-reactive ketones (excluding diaryl/α,β-unsaturated/α-hetero) is 1. The van der Waals surface area contributed by atoms with Crippen LogP contribution in [-0.4, -0.2) is 85.2 Å². The molecule has 17 heteroatoms. The minimum absolute atomic E-state index is 0.0165. The van der Waals surface area contributed by atoms with Gasteiger partial charge in [0.25, 0.3) is 0 Å². The molecule has 0 N–H and O–H groups in total. The fraction of sp³-hybridized carbons (Fsp3) is 0.424. The van der Waals surface area contributed by atoms with Crippen LogP contribution in [0.25, 0.3) is 0 Å². The molecule has 50 heavy (non-hydrogen) atoms. The monoisotopic (exact) mass is 700 g/mol. The fourth-order valence-electron chi connectivity index (χ4n) is 5.58. The van der Waals surface area contributed by atoms with Gasteiger partial charge in [0.15, 0.2) is 12.2 Å². The van der Waals surface area contributed by atoms with Crippen molar-refractivity contribution in [2.75, 3.05) is 6.61 Å². The number of epoxide rings is 1. The topological polar surface area (TPSA) is 215 Å². The van der Waals surface area contributed by atoms with Gasteiger partial charge in [-0.15, -0.1) is 0 Å². The van der Waals surface area contributed by atoms with E-state index in [2.05, 4.69) is 0 Å². The molecule has 0 radical (unpaired) electrons. The number of hydrogen-bond donors (Lipinski definition) is 0. The lowest BCUT2D eigenvalue weighted by atomic mass is 9.87. The molecule has 0 spiro atoms. The molecule has 2 fully saturated rings. The highest BCUT2D eigenvalue weighted by atomic mass is 16.8. The van der Waals surface area contributed by atoms with Crippen LogP contribution in [0.1, 0.15) is 57.5 Å². The van der Waals surface area contributed by atoms with Crippen molar-refractivity contribution >= 4 is 41.6 Å². The van der Waals surface area contributed by atoms with Crippen molar-refractivity contribution in [3.63, 3.8) is 0 Å². The number of carbonyl (C=O) groups is 7. The highest BCUT2D eigenvalue weighted by Crippen LogP contribution is 2.56. The van der Waals surface area contributed by atoms with Gasteiger partial charge in [-0.05, 0) is 17.7 Å². The molecule has 0 unspecified atom stereocenters. The van der Waals surface area contributed by atoms with Gasteiger partial charge in [-0.2, -0.15) is 0 Å². The quantitative estimate of drug-likeness (QED) is 0.149. The standard InChI is InChI=1S/C33H32O17/c1-14(34)41-13-25-27(44-17(4)37)28(45-18(5)38)29(46-19(6)39)31(48-25)47-21-9-7-20(8-10-21)33-30(40)26-23(43-16(3)36)11-22(42-15(2)35)12-24(26)49-32(33)50-33/h7-12,25,27-29,31-32H,13H2,1-6H3/t25-,27-,28+,29-,31-,32-,33-/m1/s1. The second-order valence-electron chi connectivity index (χ2n) is 11.3. The highest BCUT2D eigenvalue weighted by Gasteiger charge is 2.69. The van der Waals surface area contributed by atoms with E-state index in [4.69, 9.17) is 47.4 Å². The summed E-state index contributed by atoms with van der Waals surface area (Å²) in [7, 11) is 0.